The quantitative estimate of drug-likeness (QED) is 0.689. The van der Waals surface area contributed by atoms with Crippen molar-refractivity contribution in [2.45, 2.75) is 26.3 Å². The fraction of sp³-hybridized carbons (Fsp3) is 0.667. The third-order valence-electron chi connectivity index (χ3n) is 2.34. The summed E-state index contributed by atoms with van der Waals surface area (Å²) in [6, 6.07) is 0. The van der Waals surface area contributed by atoms with Crippen LogP contribution in [0.5, 0.6) is 0 Å². The Kier molecular flexibility index (Phi) is 2.58. The molecule has 0 spiro atoms. The van der Waals surface area contributed by atoms with Crippen LogP contribution < -0.4 is 0 Å². The Balaban J connectivity index is 1.89. The van der Waals surface area contributed by atoms with Crippen LogP contribution in [0.1, 0.15) is 24.6 Å². The summed E-state index contributed by atoms with van der Waals surface area (Å²) in [4.78, 5) is 13.1. The number of aryl methyl sites for hydroxylation is 1. The average Bonchev–Trinajstić information content (AvgIpc) is 2.56. The second-order valence-corrected chi connectivity index (χ2v) is 3.53. The van der Waals surface area contributed by atoms with E-state index in [1.54, 1.807) is 6.92 Å². The molecule has 0 aromatic carbocycles. The number of rotatable bonds is 2. The second-order valence-electron chi connectivity index (χ2n) is 3.53. The number of carbonyl (C=O) groups excluding carboxylic acids is 1. The second kappa shape index (κ2) is 3.88. The predicted molar refractivity (Wildman–Crippen MR) is 48.6 cm³/mol. The molecule has 1 aliphatic rings. The van der Waals surface area contributed by atoms with Crippen LogP contribution in [-0.4, -0.2) is 34.0 Å². The van der Waals surface area contributed by atoms with Gasteiger partial charge in [0.15, 0.2) is 0 Å². The van der Waals surface area contributed by atoms with Crippen molar-refractivity contribution in [2.24, 2.45) is 0 Å². The van der Waals surface area contributed by atoms with Crippen LogP contribution in [0.3, 0.4) is 0 Å². The molecule has 2 rings (SSSR count). The van der Waals surface area contributed by atoms with Gasteiger partial charge in [-0.05, 0) is 0 Å². The van der Waals surface area contributed by atoms with Gasteiger partial charge in [0.05, 0.1) is 6.54 Å². The first kappa shape index (κ1) is 9.33. The summed E-state index contributed by atoms with van der Waals surface area (Å²) in [7, 11) is 0. The smallest absolute Gasteiger partial charge is 0.230 e. The van der Waals surface area contributed by atoms with Crippen molar-refractivity contribution in [3.05, 3.63) is 11.8 Å². The molecule has 5 heteroatoms. The number of hydrogen-bond donors (Lipinski definition) is 0. The molecule has 0 amide bonds. The summed E-state index contributed by atoms with van der Waals surface area (Å²) in [5, 5.41) is 7.67. The standard InChI is InChI=1S/C9H13N3O2/c1-7-10-11-9(14-7)6-12-4-2-8(13)3-5-12/h2-6H2,1H3. The SMILES string of the molecule is Cc1nnc(CN2CCC(=O)CC2)o1. The highest BCUT2D eigenvalue weighted by atomic mass is 16.4. The molecule has 14 heavy (non-hydrogen) atoms. The first-order chi connectivity index (χ1) is 6.74. The number of nitrogens with zero attached hydrogens (tertiary/aromatic N) is 3. The summed E-state index contributed by atoms with van der Waals surface area (Å²) in [5.74, 6) is 1.58. The number of aromatic nitrogens is 2. The monoisotopic (exact) mass is 195 g/mol. The summed E-state index contributed by atoms with van der Waals surface area (Å²) in [6.07, 6.45) is 1.29. The normalized spacial score (nSPS) is 18.8. The number of Topliss-reactive ketones (excluding diaryl/α,β-unsaturated/α-hetero) is 1. The van der Waals surface area contributed by atoms with Crippen molar-refractivity contribution < 1.29 is 9.21 Å². The number of piperidine rings is 1. The topological polar surface area (TPSA) is 59.2 Å². The molecule has 1 fully saturated rings. The van der Waals surface area contributed by atoms with Gasteiger partial charge in [0, 0.05) is 32.9 Å². The van der Waals surface area contributed by atoms with Gasteiger partial charge in [-0.2, -0.15) is 0 Å². The highest BCUT2D eigenvalue weighted by molar-refractivity contribution is 5.79. The molecule has 0 aliphatic carbocycles. The molecule has 0 N–H and O–H groups in total. The van der Waals surface area contributed by atoms with Crippen LogP contribution in [0, 0.1) is 6.92 Å². The van der Waals surface area contributed by atoms with E-state index in [-0.39, 0.29) is 0 Å². The zero-order chi connectivity index (χ0) is 9.97. The minimum absolute atomic E-state index is 0.350. The summed E-state index contributed by atoms with van der Waals surface area (Å²) >= 11 is 0. The lowest BCUT2D eigenvalue weighted by molar-refractivity contribution is -0.121. The molecule has 0 atom stereocenters. The van der Waals surface area contributed by atoms with Crippen LogP contribution in [0.25, 0.3) is 0 Å². The fourth-order valence-electron chi connectivity index (χ4n) is 1.55. The van der Waals surface area contributed by atoms with Crippen LogP contribution in [0.15, 0.2) is 4.42 Å². The summed E-state index contributed by atoms with van der Waals surface area (Å²) < 4.78 is 5.26. The molecule has 0 bridgehead atoms. The van der Waals surface area contributed by atoms with Gasteiger partial charge in [-0.15, -0.1) is 10.2 Å². The van der Waals surface area contributed by atoms with Crippen molar-refractivity contribution in [2.75, 3.05) is 13.1 Å². The molecule has 5 nitrogen and oxygen atoms in total. The Morgan fingerprint density at radius 1 is 1.36 bits per heavy atom. The predicted octanol–water partition coefficient (Wildman–Crippen LogP) is 0.543. The van der Waals surface area contributed by atoms with Gasteiger partial charge >= 0.3 is 0 Å². The lowest BCUT2D eigenvalue weighted by Crippen LogP contribution is -2.33. The average molecular weight is 195 g/mol. The van der Waals surface area contributed by atoms with Gasteiger partial charge in [-0.3, -0.25) is 9.69 Å². The maximum Gasteiger partial charge on any atom is 0.230 e. The number of ketones is 1. The van der Waals surface area contributed by atoms with Gasteiger partial charge in [0.1, 0.15) is 5.78 Å². The Bertz CT molecular complexity index is 325. The van der Waals surface area contributed by atoms with E-state index in [0.29, 0.717) is 37.0 Å². The van der Waals surface area contributed by atoms with E-state index in [9.17, 15) is 4.79 Å². The van der Waals surface area contributed by atoms with Gasteiger partial charge in [0.2, 0.25) is 11.8 Å². The molecule has 0 radical (unpaired) electrons. The summed E-state index contributed by atoms with van der Waals surface area (Å²) in [6.45, 7) is 4.05. The fourth-order valence-corrected chi connectivity index (χ4v) is 1.55. The molecule has 1 aromatic rings. The van der Waals surface area contributed by atoms with Gasteiger partial charge in [0.25, 0.3) is 0 Å². The van der Waals surface area contributed by atoms with Crippen molar-refractivity contribution in [3.8, 4) is 0 Å². The third-order valence-corrected chi connectivity index (χ3v) is 2.34. The maximum atomic E-state index is 11.0. The van der Waals surface area contributed by atoms with E-state index in [1.165, 1.54) is 0 Å². The Labute approximate surface area is 82.1 Å². The zero-order valence-electron chi connectivity index (χ0n) is 8.19. The molecular weight excluding hydrogens is 182 g/mol. The van der Waals surface area contributed by atoms with Crippen molar-refractivity contribution in [3.63, 3.8) is 0 Å². The first-order valence-electron chi connectivity index (χ1n) is 4.77. The van der Waals surface area contributed by atoms with E-state index >= 15 is 0 Å². The molecule has 1 aliphatic heterocycles. The minimum atomic E-state index is 0.350. The highest BCUT2D eigenvalue weighted by Crippen LogP contribution is 2.09. The van der Waals surface area contributed by atoms with E-state index in [0.717, 1.165) is 13.1 Å². The number of likely N-dealkylation sites (tertiary alicyclic amines) is 1. The number of carbonyl (C=O) groups is 1. The van der Waals surface area contributed by atoms with E-state index < -0.39 is 0 Å². The molecular formula is C9H13N3O2. The van der Waals surface area contributed by atoms with E-state index in [1.807, 2.05) is 0 Å². The van der Waals surface area contributed by atoms with E-state index in [2.05, 4.69) is 15.1 Å². The molecule has 2 heterocycles. The molecule has 76 valence electrons. The van der Waals surface area contributed by atoms with Crippen LogP contribution in [0.2, 0.25) is 0 Å². The van der Waals surface area contributed by atoms with E-state index in [4.69, 9.17) is 4.42 Å². The van der Waals surface area contributed by atoms with Crippen molar-refractivity contribution in [1.82, 2.24) is 15.1 Å². The Morgan fingerprint density at radius 2 is 2.07 bits per heavy atom. The van der Waals surface area contributed by atoms with Crippen LogP contribution in [0.4, 0.5) is 0 Å². The van der Waals surface area contributed by atoms with Crippen LogP contribution >= 0.6 is 0 Å². The zero-order valence-corrected chi connectivity index (χ0v) is 8.19. The first-order valence-corrected chi connectivity index (χ1v) is 4.77. The third kappa shape index (κ3) is 2.17. The van der Waals surface area contributed by atoms with Gasteiger partial charge in [-0.1, -0.05) is 0 Å². The summed E-state index contributed by atoms with van der Waals surface area (Å²) in [5.41, 5.74) is 0. The van der Waals surface area contributed by atoms with Gasteiger partial charge in [-0.25, -0.2) is 0 Å². The Morgan fingerprint density at radius 3 is 2.64 bits per heavy atom. The lowest BCUT2D eigenvalue weighted by atomic mass is 10.1. The minimum Gasteiger partial charge on any atom is -0.424 e. The van der Waals surface area contributed by atoms with Crippen molar-refractivity contribution >= 4 is 5.78 Å². The maximum absolute atomic E-state index is 11.0. The van der Waals surface area contributed by atoms with Gasteiger partial charge < -0.3 is 4.42 Å². The van der Waals surface area contributed by atoms with Crippen LogP contribution in [-0.2, 0) is 11.3 Å². The molecule has 0 saturated carbocycles. The lowest BCUT2D eigenvalue weighted by Gasteiger charge is -2.23. The largest absolute Gasteiger partial charge is 0.424 e. The molecule has 1 aromatic heterocycles. The highest BCUT2D eigenvalue weighted by Gasteiger charge is 2.17. The molecule has 0 unspecified atom stereocenters. The van der Waals surface area contributed by atoms with Crippen molar-refractivity contribution in [1.29, 1.82) is 0 Å². The molecule has 1 saturated heterocycles. The Hall–Kier alpha value is -1.23. The number of hydrogen-bond acceptors (Lipinski definition) is 5.